The summed E-state index contributed by atoms with van der Waals surface area (Å²) in [5.41, 5.74) is 0.936. The van der Waals surface area contributed by atoms with E-state index in [0.717, 1.165) is 10.6 Å². The fraction of sp³-hybridized carbons (Fsp3) is 0.438. The maximum atomic E-state index is 12.9. The molecule has 0 bridgehead atoms. The molecule has 1 fully saturated rings. The SMILES string of the molecule is C=CCn1c(C)c[n+]2c1N=C1C2C(=O)N(CCC(=O)OC)C(=O)N1C. The number of imidazole rings is 1. The molecule has 1 unspecified atom stereocenters. The van der Waals surface area contributed by atoms with E-state index in [9.17, 15) is 14.4 Å². The van der Waals surface area contributed by atoms with Gasteiger partial charge in [-0.2, -0.15) is 0 Å². The number of allylic oxidation sites excluding steroid dienone is 1. The minimum Gasteiger partial charge on any atom is -0.469 e. The van der Waals surface area contributed by atoms with Crippen molar-refractivity contribution >= 4 is 29.7 Å². The highest BCUT2D eigenvalue weighted by Crippen LogP contribution is 2.29. The second-order valence-corrected chi connectivity index (χ2v) is 5.91. The minimum atomic E-state index is -0.708. The maximum Gasteiger partial charge on any atom is 0.402 e. The number of urea groups is 1. The van der Waals surface area contributed by atoms with Gasteiger partial charge in [0.1, 0.15) is 11.9 Å². The summed E-state index contributed by atoms with van der Waals surface area (Å²) in [5, 5.41) is 0. The molecule has 0 N–H and O–H groups in total. The van der Waals surface area contributed by atoms with Gasteiger partial charge in [0.15, 0.2) is 0 Å². The lowest BCUT2D eigenvalue weighted by molar-refractivity contribution is -0.677. The van der Waals surface area contributed by atoms with Crippen LogP contribution < -0.4 is 4.57 Å². The smallest absolute Gasteiger partial charge is 0.402 e. The van der Waals surface area contributed by atoms with Gasteiger partial charge in [-0.25, -0.2) is 13.9 Å². The largest absolute Gasteiger partial charge is 0.469 e. The highest BCUT2D eigenvalue weighted by Gasteiger charge is 2.52. The number of imide groups is 1. The lowest BCUT2D eigenvalue weighted by Gasteiger charge is -2.32. The number of rotatable bonds is 5. The first-order valence-electron chi connectivity index (χ1n) is 7.87. The second kappa shape index (κ2) is 6.15. The average Bonchev–Trinajstić information content (AvgIpc) is 3.09. The van der Waals surface area contributed by atoms with E-state index < -0.39 is 23.9 Å². The molecule has 9 nitrogen and oxygen atoms in total. The van der Waals surface area contributed by atoms with E-state index >= 15 is 0 Å². The van der Waals surface area contributed by atoms with Crippen molar-refractivity contribution in [2.75, 3.05) is 20.7 Å². The van der Waals surface area contributed by atoms with Gasteiger partial charge in [-0.15, -0.1) is 0 Å². The number of likely N-dealkylation sites (N-methyl/N-ethyl adjacent to an activating group) is 1. The summed E-state index contributed by atoms with van der Waals surface area (Å²) in [7, 11) is 2.84. The van der Waals surface area contributed by atoms with Gasteiger partial charge in [0.05, 0.1) is 20.1 Å². The predicted molar refractivity (Wildman–Crippen MR) is 87.2 cm³/mol. The van der Waals surface area contributed by atoms with Crippen molar-refractivity contribution in [2.24, 2.45) is 4.99 Å². The van der Waals surface area contributed by atoms with Crippen LogP contribution >= 0.6 is 0 Å². The van der Waals surface area contributed by atoms with Gasteiger partial charge in [0.25, 0.3) is 5.91 Å². The molecule has 1 aromatic heterocycles. The van der Waals surface area contributed by atoms with Crippen LogP contribution in [-0.4, -0.2) is 58.8 Å². The first-order valence-corrected chi connectivity index (χ1v) is 7.87. The Hall–Kier alpha value is -2.97. The first kappa shape index (κ1) is 16.9. The predicted octanol–water partition coefficient (Wildman–Crippen LogP) is 0.312. The number of methoxy groups -OCH3 is 1. The standard InChI is InChI=1S/C16H20N5O4/c1-5-7-19-10(2)9-21-12-13(17-15(19)21)18(3)16(24)20(14(12)23)8-6-11(22)25-4/h5,9,12H,1,6-8H2,2-4H3/q+1. The van der Waals surface area contributed by atoms with Crippen molar-refractivity contribution in [1.82, 2.24) is 14.4 Å². The number of hydrogen-bond donors (Lipinski definition) is 0. The third-order valence-electron chi connectivity index (χ3n) is 4.40. The summed E-state index contributed by atoms with van der Waals surface area (Å²) in [6, 6.07) is -1.21. The van der Waals surface area contributed by atoms with E-state index in [0.29, 0.717) is 18.3 Å². The van der Waals surface area contributed by atoms with Gasteiger partial charge < -0.3 is 4.74 Å². The molecule has 0 saturated carbocycles. The highest BCUT2D eigenvalue weighted by molar-refractivity contribution is 6.19. The van der Waals surface area contributed by atoms with E-state index in [2.05, 4.69) is 16.3 Å². The number of carbonyl (C=O) groups is 3. The molecule has 3 rings (SSSR count). The topological polar surface area (TPSA) is 88.1 Å². The van der Waals surface area contributed by atoms with Gasteiger partial charge in [-0.05, 0) is 6.92 Å². The molecular weight excluding hydrogens is 326 g/mol. The number of fused-ring (bicyclic) bond motifs is 3. The van der Waals surface area contributed by atoms with E-state index in [-0.39, 0.29) is 13.0 Å². The van der Waals surface area contributed by atoms with E-state index in [1.54, 1.807) is 17.7 Å². The number of carbonyl (C=O) groups excluding carboxylic acids is 3. The van der Waals surface area contributed by atoms with E-state index in [1.165, 1.54) is 12.0 Å². The number of amidine groups is 1. The Morgan fingerprint density at radius 3 is 2.84 bits per heavy atom. The van der Waals surface area contributed by atoms with Crippen LogP contribution in [0.25, 0.3) is 0 Å². The normalized spacial score (nSPS) is 18.8. The molecule has 0 radical (unpaired) electrons. The molecule has 2 aliphatic heterocycles. The van der Waals surface area contributed by atoms with Crippen LogP contribution in [0, 0.1) is 6.92 Å². The van der Waals surface area contributed by atoms with Gasteiger partial charge in [0.2, 0.25) is 11.9 Å². The molecule has 0 aliphatic carbocycles. The summed E-state index contributed by atoms with van der Waals surface area (Å²) in [6.07, 6.45) is 3.53. The van der Waals surface area contributed by atoms with Crippen LogP contribution in [0.2, 0.25) is 0 Å². The molecule has 25 heavy (non-hydrogen) atoms. The van der Waals surface area contributed by atoms with Gasteiger partial charge >= 0.3 is 17.9 Å². The zero-order valence-electron chi connectivity index (χ0n) is 14.4. The monoisotopic (exact) mass is 346 g/mol. The Labute approximate surface area is 144 Å². The zero-order chi connectivity index (χ0) is 18.3. The number of amides is 3. The summed E-state index contributed by atoms with van der Waals surface area (Å²) >= 11 is 0. The maximum absolute atomic E-state index is 12.9. The van der Waals surface area contributed by atoms with Crippen LogP contribution in [0.15, 0.2) is 23.8 Å². The first-order chi connectivity index (χ1) is 11.9. The van der Waals surface area contributed by atoms with Crippen molar-refractivity contribution in [3.05, 3.63) is 24.5 Å². The number of aryl methyl sites for hydroxylation is 1. The number of aliphatic imine (C=N–C) groups is 1. The molecule has 0 aromatic carbocycles. The number of aromatic nitrogens is 2. The minimum absolute atomic E-state index is 0.0271. The van der Waals surface area contributed by atoms with E-state index in [1.807, 2.05) is 17.7 Å². The molecule has 0 spiro atoms. The molecule has 1 aromatic rings. The van der Waals surface area contributed by atoms with Crippen molar-refractivity contribution in [3.63, 3.8) is 0 Å². The Morgan fingerprint density at radius 2 is 2.20 bits per heavy atom. The molecule has 1 saturated heterocycles. The molecule has 2 aliphatic rings. The Bertz CT molecular complexity index is 810. The lowest BCUT2D eigenvalue weighted by Crippen LogP contribution is -2.62. The Kier molecular flexibility index (Phi) is 4.15. The Morgan fingerprint density at radius 1 is 1.48 bits per heavy atom. The van der Waals surface area contributed by atoms with Crippen molar-refractivity contribution in [3.8, 4) is 0 Å². The van der Waals surface area contributed by atoms with Crippen LogP contribution in [0.1, 0.15) is 18.2 Å². The van der Waals surface area contributed by atoms with Crippen molar-refractivity contribution in [1.29, 1.82) is 0 Å². The third kappa shape index (κ3) is 2.51. The van der Waals surface area contributed by atoms with Crippen molar-refractivity contribution in [2.45, 2.75) is 25.9 Å². The molecule has 132 valence electrons. The third-order valence-corrected chi connectivity index (χ3v) is 4.40. The van der Waals surface area contributed by atoms with Gasteiger partial charge in [-0.1, -0.05) is 17.6 Å². The number of esters is 1. The number of hydrogen-bond acceptors (Lipinski definition) is 5. The zero-order valence-corrected chi connectivity index (χ0v) is 14.4. The average molecular weight is 346 g/mol. The van der Waals surface area contributed by atoms with Crippen LogP contribution in [-0.2, 0) is 20.9 Å². The second-order valence-electron chi connectivity index (χ2n) is 5.91. The number of ether oxygens (including phenoxy) is 1. The van der Waals surface area contributed by atoms with Gasteiger partial charge in [0, 0.05) is 13.6 Å². The van der Waals surface area contributed by atoms with E-state index in [4.69, 9.17) is 0 Å². The molecule has 3 heterocycles. The van der Waals surface area contributed by atoms with Crippen molar-refractivity contribution < 1.29 is 23.7 Å². The summed E-state index contributed by atoms with van der Waals surface area (Å²) in [4.78, 5) is 43.7. The lowest BCUT2D eigenvalue weighted by atomic mass is 10.1. The fourth-order valence-corrected chi connectivity index (χ4v) is 3.10. The summed E-state index contributed by atoms with van der Waals surface area (Å²) in [5.74, 6) is 0.109. The number of nitrogens with zero attached hydrogens (tertiary/aromatic N) is 5. The fourth-order valence-electron chi connectivity index (χ4n) is 3.10. The van der Waals surface area contributed by atoms with Crippen LogP contribution in [0.5, 0.6) is 0 Å². The molecule has 3 amide bonds. The molecule has 9 heteroatoms. The summed E-state index contributed by atoms with van der Waals surface area (Å²) < 4.78 is 8.26. The molecular formula is C16H20N5O4+. The van der Waals surface area contributed by atoms with Gasteiger partial charge in [-0.3, -0.25) is 19.4 Å². The molecule has 1 atom stereocenters. The van der Waals surface area contributed by atoms with Crippen LogP contribution in [0.4, 0.5) is 10.7 Å². The highest BCUT2D eigenvalue weighted by atomic mass is 16.5. The quantitative estimate of drug-likeness (QED) is 0.436. The van der Waals surface area contributed by atoms with Crippen LogP contribution in [0.3, 0.4) is 0 Å². The summed E-state index contributed by atoms with van der Waals surface area (Å²) in [6.45, 7) is 6.18. The Balaban J connectivity index is 1.96.